The highest BCUT2D eigenvalue weighted by atomic mass is 16.7. The number of carbonyl (C=O) groups excluding carboxylic acids is 2. The van der Waals surface area contributed by atoms with Crippen molar-refractivity contribution in [3.63, 3.8) is 0 Å². The number of urea groups is 1. The molecule has 2 aliphatic rings. The number of nitrogens with one attached hydrogen (secondary N) is 2. The van der Waals surface area contributed by atoms with Crippen LogP contribution in [0.5, 0.6) is 11.5 Å². The summed E-state index contributed by atoms with van der Waals surface area (Å²) in [5.41, 5.74) is 4.86. The Hall–Kier alpha value is -5.43. The third-order valence-corrected chi connectivity index (χ3v) is 6.73. The van der Waals surface area contributed by atoms with Gasteiger partial charge in [0.05, 0.1) is 34.3 Å². The van der Waals surface area contributed by atoms with Crippen LogP contribution in [-0.2, 0) is 22.6 Å². The fourth-order valence-electron chi connectivity index (χ4n) is 4.79. The number of nitrogens with zero attached hydrogens (tertiary/aromatic N) is 3. The number of rotatable bonds is 7. The molecule has 198 valence electrons. The molecule has 0 radical (unpaired) electrons. The van der Waals surface area contributed by atoms with E-state index in [4.69, 9.17) is 14.2 Å². The molecular weight excluding hydrogens is 510 g/mol. The summed E-state index contributed by atoms with van der Waals surface area (Å²) in [6, 6.07) is 18.8. The van der Waals surface area contributed by atoms with Crippen molar-refractivity contribution in [2.75, 3.05) is 6.79 Å². The number of carbonyl (C=O) groups is 2. The largest absolute Gasteiger partial charge is 0.457 e. The summed E-state index contributed by atoms with van der Waals surface area (Å²) in [7, 11) is 0. The molecule has 3 aromatic carbocycles. The van der Waals surface area contributed by atoms with Crippen LogP contribution in [0.1, 0.15) is 34.7 Å². The standard InChI is InChI=1S/C30H23N5O5/c31-15-19-2-1-3-20(12-19)16-38-29(36)27-23(7-4-18-5-9-25-26(13-18)40-17-39-25)34-30(37)35-28(27)21-6-8-22-24(14-21)33-11-10-32-22/h1-3,5-6,8-14,28H,4,7,16-17H2,(H2,34,35,37). The Morgan fingerprint density at radius 1 is 0.975 bits per heavy atom. The van der Waals surface area contributed by atoms with Crippen LogP contribution < -0.4 is 20.1 Å². The van der Waals surface area contributed by atoms with Crippen molar-refractivity contribution in [1.29, 1.82) is 5.26 Å². The molecule has 0 aliphatic carbocycles. The van der Waals surface area contributed by atoms with Crippen molar-refractivity contribution in [1.82, 2.24) is 20.6 Å². The SMILES string of the molecule is N#Cc1cccc(COC(=O)C2=C(CCc3ccc4c(c3)OCO4)NC(=O)NC2c2ccc3nccnc3c2)c1. The van der Waals surface area contributed by atoms with Gasteiger partial charge in [0.25, 0.3) is 0 Å². The highest BCUT2D eigenvalue weighted by Crippen LogP contribution is 2.34. The van der Waals surface area contributed by atoms with Gasteiger partial charge in [-0.15, -0.1) is 0 Å². The van der Waals surface area contributed by atoms with Gasteiger partial charge in [-0.3, -0.25) is 9.97 Å². The zero-order valence-corrected chi connectivity index (χ0v) is 21.2. The third-order valence-electron chi connectivity index (χ3n) is 6.73. The number of aromatic nitrogens is 2. The first-order valence-corrected chi connectivity index (χ1v) is 12.6. The van der Waals surface area contributed by atoms with E-state index in [-0.39, 0.29) is 13.4 Å². The summed E-state index contributed by atoms with van der Waals surface area (Å²) >= 11 is 0. The molecule has 0 bridgehead atoms. The molecular formula is C30H23N5O5. The van der Waals surface area contributed by atoms with Gasteiger partial charge in [0, 0.05) is 18.1 Å². The smallest absolute Gasteiger partial charge is 0.338 e. The van der Waals surface area contributed by atoms with Gasteiger partial charge in [-0.25, -0.2) is 9.59 Å². The molecule has 2 aliphatic heterocycles. The Kier molecular flexibility index (Phi) is 6.68. The summed E-state index contributed by atoms with van der Waals surface area (Å²) in [5, 5.41) is 14.9. The molecule has 10 heteroatoms. The molecule has 0 saturated heterocycles. The van der Waals surface area contributed by atoms with Crippen LogP contribution >= 0.6 is 0 Å². The summed E-state index contributed by atoms with van der Waals surface area (Å²) in [5.74, 6) is 0.761. The minimum atomic E-state index is -0.773. The van der Waals surface area contributed by atoms with E-state index >= 15 is 0 Å². The van der Waals surface area contributed by atoms with Crippen LogP contribution in [0, 0.1) is 11.3 Å². The molecule has 6 rings (SSSR count). The van der Waals surface area contributed by atoms with Crippen LogP contribution in [0.2, 0.25) is 0 Å². The normalized spacial score (nSPS) is 15.8. The minimum absolute atomic E-state index is 0.0306. The number of amides is 2. The number of hydrogen-bond acceptors (Lipinski definition) is 8. The van der Waals surface area contributed by atoms with E-state index in [9.17, 15) is 14.9 Å². The van der Waals surface area contributed by atoms with Gasteiger partial charge in [-0.05, 0) is 65.9 Å². The van der Waals surface area contributed by atoms with Crippen LogP contribution in [0.25, 0.3) is 11.0 Å². The molecule has 4 aromatic rings. The maximum Gasteiger partial charge on any atom is 0.338 e. The van der Waals surface area contributed by atoms with Crippen molar-refractivity contribution in [3.8, 4) is 17.6 Å². The summed E-state index contributed by atoms with van der Waals surface area (Å²) in [4.78, 5) is 35.1. The Labute approximate surface area is 229 Å². The Morgan fingerprint density at radius 2 is 1.82 bits per heavy atom. The first-order valence-electron chi connectivity index (χ1n) is 12.6. The van der Waals surface area contributed by atoms with E-state index in [1.165, 1.54) is 0 Å². The lowest BCUT2D eigenvalue weighted by Crippen LogP contribution is -2.46. The molecule has 10 nitrogen and oxygen atoms in total. The predicted molar refractivity (Wildman–Crippen MR) is 143 cm³/mol. The number of benzene rings is 3. The zero-order chi connectivity index (χ0) is 27.5. The maximum atomic E-state index is 13.7. The van der Waals surface area contributed by atoms with Crippen LogP contribution in [0.3, 0.4) is 0 Å². The fourth-order valence-corrected chi connectivity index (χ4v) is 4.79. The number of fused-ring (bicyclic) bond motifs is 2. The first-order chi connectivity index (χ1) is 19.6. The van der Waals surface area contributed by atoms with Gasteiger partial charge in [-0.2, -0.15) is 5.26 Å². The van der Waals surface area contributed by atoms with E-state index in [1.54, 1.807) is 48.8 Å². The zero-order valence-electron chi connectivity index (χ0n) is 21.2. The summed E-state index contributed by atoms with van der Waals surface area (Å²) < 4.78 is 16.6. The average Bonchev–Trinajstić information content (AvgIpc) is 3.46. The number of nitriles is 1. The molecule has 0 spiro atoms. The highest BCUT2D eigenvalue weighted by molar-refractivity contribution is 5.95. The molecule has 3 heterocycles. The van der Waals surface area contributed by atoms with Gasteiger partial charge in [-0.1, -0.05) is 24.3 Å². The van der Waals surface area contributed by atoms with Gasteiger partial charge >= 0.3 is 12.0 Å². The lowest BCUT2D eigenvalue weighted by Gasteiger charge is -2.29. The minimum Gasteiger partial charge on any atom is -0.457 e. The van der Waals surface area contributed by atoms with Crippen LogP contribution in [0.15, 0.2) is 84.3 Å². The first kappa shape index (κ1) is 24.9. The number of allylic oxidation sites excluding steroid dienone is 1. The number of aryl methyl sites for hydroxylation is 1. The third kappa shape index (κ3) is 5.13. The molecule has 1 unspecified atom stereocenters. The van der Waals surface area contributed by atoms with Gasteiger partial charge < -0.3 is 24.8 Å². The Morgan fingerprint density at radius 3 is 2.70 bits per heavy atom. The van der Waals surface area contributed by atoms with Gasteiger partial charge in [0.1, 0.15) is 6.61 Å². The highest BCUT2D eigenvalue weighted by Gasteiger charge is 2.34. The molecule has 2 N–H and O–H groups in total. The van der Waals surface area contributed by atoms with E-state index in [2.05, 4.69) is 26.7 Å². The Balaban J connectivity index is 1.33. The number of hydrogen-bond donors (Lipinski definition) is 2. The van der Waals surface area contributed by atoms with E-state index in [0.717, 1.165) is 5.56 Å². The predicted octanol–water partition coefficient (Wildman–Crippen LogP) is 4.21. The monoisotopic (exact) mass is 533 g/mol. The molecule has 0 saturated carbocycles. The van der Waals surface area contributed by atoms with Crippen molar-refractivity contribution < 1.29 is 23.8 Å². The van der Waals surface area contributed by atoms with E-state index in [0.29, 0.717) is 63.3 Å². The summed E-state index contributed by atoms with van der Waals surface area (Å²) in [6.07, 6.45) is 4.09. The number of esters is 1. The quantitative estimate of drug-likeness (QED) is 0.337. The van der Waals surface area contributed by atoms with Gasteiger partial charge in [0.2, 0.25) is 6.79 Å². The second-order valence-corrected chi connectivity index (χ2v) is 9.30. The van der Waals surface area contributed by atoms with Crippen LogP contribution in [0.4, 0.5) is 4.79 Å². The molecule has 40 heavy (non-hydrogen) atoms. The summed E-state index contributed by atoms with van der Waals surface area (Å²) in [6.45, 7) is 0.147. The van der Waals surface area contributed by atoms with Crippen molar-refractivity contribution in [2.24, 2.45) is 0 Å². The number of ether oxygens (including phenoxy) is 3. The molecule has 2 amide bonds. The molecule has 1 aromatic heterocycles. The molecule has 1 atom stereocenters. The fraction of sp³-hybridized carbons (Fsp3) is 0.167. The average molecular weight is 534 g/mol. The van der Waals surface area contributed by atoms with Crippen molar-refractivity contribution >= 4 is 23.0 Å². The second-order valence-electron chi connectivity index (χ2n) is 9.30. The van der Waals surface area contributed by atoms with Gasteiger partial charge in [0.15, 0.2) is 11.5 Å². The van der Waals surface area contributed by atoms with E-state index < -0.39 is 18.0 Å². The van der Waals surface area contributed by atoms with Crippen molar-refractivity contribution in [3.05, 3.63) is 107 Å². The topological polar surface area (TPSA) is 135 Å². The van der Waals surface area contributed by atoms with Crippen LogP contribution in [-0.4, -0.2) is 28.8 Å². The second kappa shape index (κ2) is 10.7. The molecule has 0 fully saturated rings. The lowest BCUT2D eigenvalue weighted by atomic mass is 9.92. The lowest BCUT2D eigenvalue weighted by molar-refractivity contribution is -0.140. The van der Waals surface area contributed by atoms with Crippen molar-refractivity contribution in [2.45, 2.75) is 25.5 Å². The Bertz CT molecular complexity index is 1710. The maximum absolute atomic E-state index is 13.7. The van der Waals surface area contributed by atoms with E-state index in [1.807, 2.05) is 24.3 Å².